The Morgan fingerprint density at radius 2 is 2.05 bits per heavy atom. The van der Waals surface area contributed by atoms with Crippen LogP contribution >= 0.6 is 0 Å². The number of nitrogens with one attached hydrogen (secondary N) is 1. The lowest BCUT2D eigenvalue weighted by Gasteiger charge is -1.99. The number of hydrogen-bond acceptors (Lipinski definition) is 5. The molecule has 1 N–H and O–H groups in total. The SMILES string of the molecule is CCCCCCCC/C=N\Nc1ccc([N+](=O)[O-])cn1. The first-order valence-electron chi connectivity index (χ1n) is 7.12. The summed E-state index contributed by atoms with van der Waals surface area (Å²) in [6, 6.07) is 2.94. The second-order valence-corrected chi connectivity index (χ2v) is 4.64. The Balaban J connectivity index is 2.13. The summed E-state index contributed by atoms with van der Waals surface area (Å²) in [5, 5.41) is 14.5. The van der Waals surface area contributed by atoms with Crippen LogP contribution in [-0.2, 0) is 0 Å². The summed E-state index contributed by atoms with van der Waals surface area (Å²) in [4.78, 5) is 13.9. The number of nitro groups is 1. The van der Waals surface area contributed by atoms with Gasteiger partial charge in [0, 0.05) is 12.3 Å². The molecule has 0 aliphatic heterocycles. The molecule has 0 unspecified atom stereocenters. The highest BCUT2D eigenvalue weighted by Crippen LogP contribution is 2.11. The third-order valence-electron chi connectivity index (χ3n) is 2.92. The largest absolute Gasteiger partial charge is 0.287 e. The first-order chi connectivity index (χ1) is 9.74. The van der Waals surface area contributed by atoms with Gasteiger partial charge in [-0.3, -0.25) is 15.5 Å². The molecule has 6 heteroatoms. The van der Waals surface area contributed by atoms with Crippen LogP contribution in [0.5, 0.6) is 0 Å². The van der Waals surface area contributed by atoms with E-state index in [0.717, 1.165) is 12.8 Å². The minimum absolute atomic E-state index is 0.0217. The maximum absolute atomic E-state index is 10.5. The van der Waals surface area contributed by atoms with Gasteiger partial charge in [0.1, 0.15) is 12.0 Å². The van der Waals surface area contributed by atoms with Gasteiger partial charge in [0.05, 0.1) is 4.92 Å². The molecule has 0 atom stereocenters. The summed E-state index contributed by atoms with van der Waals surface area (Å²) in [7, 11) is 0. The van der Waals surface area contributed by atoms with Crippen molar-refractivity contribution in [3.8, 4) is 0 Å². The maximum Gasteiger partial charge on any atom is 0.287 e. The smallest absolute Gasteiger partial charge is 0.262 e. The summed E-state index contributed by atoms with van der Waals surface area (Å²) in [6.45, 7) is 2.21. The highest BCUT2D eigenvalue weighted by Gasteiger charge is 2.03. The molecule has 0 fully saturated rings. The van der Waals surface area contributed by atoms with Gasteiger partial charge in [0.15, 0.2) is 0 Å². The lowest BCUT2D eigenvalue weighted by Crippen LogP contribution is -1.94. The number of hydrazone groups is 1. The number of rotatable bonds is 10. The summed E-state index contributed by atoms with van der Waals surface area (Å²) in [5.74, 6) is 0.509. The minimum atomic E-state index is -0.474. The van der Waals surface area contributed by atoms with Crippen LogP contribution < -0.4 is 5.43 Å². The van der Waals surface area contributed by atoms with Gasteiger partial charge in [-0.05, 0) is 18.9 Å². The van der Waals surface area contributed by atoms with E-state index in [1.165, 1.54) is 44.4 Å². The quantitative estimate of drug-likeness (QED) is 0.302. The van der Waals surface area contributed by atoms with Gasteiger partial charge in [-0.2, -0.15) is 5.10 Å². The minimum Gasteiger partial charge on any atom is -0.262 e. The van der Waals surface area contributed by atoms with Crippen LogP contribution in [0.3, 0.4) is 0 Å². The van der Waals surface area contributed by atoms with E-state index in [9.17, 15) is 10.1 Å². The van der Waals surface area contributed by atoms with Crippen molar-refractivity contribution in [3.63, 3.8) is 0 Å². The van der Waals surface area contributed by atoms with Gasteiger partial charge in [0.25, 0.3) is 5.69 Å². The predicted octanol–water partition coefficient (Wildman–Crippen LogP) is 4.14. The number of hydrogen-bond donors (Lipinski definition) is 1. The molecule has 20 heavy (non-hydrogen) atoms. The standard InChI is InChI=1S/C14H22N4O2/c1-2-3-4-5-6-7-8-11-16-17-14-10-9-13(12-15-14)18(19)20/h9-12H,2-8H2,1H3,(H,15,17)/b16-11-. The normalized spacial score (nSPS) is 10.8. The van der Waals surface area contributed by atoms with E-state index in [1.807, 2.05) is 6.21 Å². The highest BCUT2D eigenvalue weighted by molar-refractivity contribution is 5.58. The Labute approximate surface area is 119 Å². The fraction of sp³-hybridized carbons (Fsp3) is 0.571. The molecule has 1 rings (SSSR count). The van der Waals surface area contributed by atoms with Crippen molar-refractivity contribution >= 4 is 17.7 Å². The molecule has 0 spiro atoms. The van der Waals surface area contributed by atoms with Gasteiger partial charge in [0.2, 0.25) is 0 Å². The van der Waals surface area contributed by atoms with Crippen LogP contribution in [0, 0.1) is 10.1 Å². The third-order valence-corrected chi connectivity index (χ3v) is 2.92. The molecule has 1 aromatic rings. The molecule has 0 amide bonds. The van der Waals surface area contributed by atoms with Crippen molar-refractivity contribution < 1.29 is 4.92 Å². The second-order valence-electron chi connectivity index (χ2n) is 4.64. The predicted molar refractivity (Wildman–Crippen MR) is 81.0 cm³/mol. The van der Waals surface area contributed by atoms with E-state index < -0.39 is 4.92 Å². The zero-order valence-electron chi connectivity index (χ0n) is 11.9. The van der Waals surface area contributed by atoms with Crippen LogP contribution in [0.25, 0.3) is 0 Å². The summed E-state index contributed by atoms with van der Waals surface area (Å²) in [6.07, 6.45) is 11.6. The van der Waals surface area contributed by atoms with Crippen molar-refractivity contribution in [2.24, 2.45) is 5.10 Å². The highest BCUT2D eigenvalue weighted by atomic mass is 16.6. The Kier molecular flexibility index (Phi) is 7.95. The van der Waals surface area contributed by atoms with E-state index in [4.69, 9.17) is 0 Å². The molecular formula is C14H22N4O2. The lowest BCUT2D eigenvalue weighted by molar-refractivity contribution is -0.385. The summed E-state index contributed by atoms with van der Waals surface area (Å²) >= 11 is 0. The fourth-order valence-corrected chi connectivity index (χ4v) is 1.75. The van der Waals surface area contributed by atoms with Crippen molar-refractivity contribution in [2.75, 3.05) is 5.43 Å². The molecule has 1 aromatic heterocycles. The monoisotopic (exact) mass is 278 g/mol. The number of aromatic nitrogens is 1. The molecule has 0 aliphatic rings. The van der Waals surface area contributed by atoms with Crippen LogP contribution in [0.4, 0.5) is 11.5 Å². The second kappa shape index (κ2) is 9.89. The number of anilines is 1. The molecule has 0 bridgehead atoms. The molecule has 0 saturated heterocycles. The maximum atomic E-state index is 10.5. The van der Waals surface area contributed by atoms with Gasteiger partial charge in [-0.1, -0.05) is 39.0 Å². The van der Waals surface area contributed by atoms with E-state index >= 15 is 0 Å². The van der Waals surface area contributed by atoms with Gasteiger partial charge in [-0.15, -0.1) is 0 Å². The topological polar surface area (TPSA) is 80.4 Å². The van der Waals surface area contributed by atoms with Crippen LogP contribution in [0.1, 0.15) is 51.9 Å². The average Bonchev–Trinajstić information content (AvgIpc) is 2.46. The molecule has 110 valence electrons. The van der Waals surface area contributed by atoms with Crippen molar-refractivity contribution in [1.82, 2.24) is 4.98 Å². The average molecular weight is 278 g/mol. The van der Waals surface area contributed by atoms with Crippen molar-refractivity contribution in [3.05, 3.63) is 28.4 Å². The Bertz CT molecular complexity index is 418. The van der Waals surface area contributed by atoms with Gasteiger partial charge >= 0.3 is 0 Å². The fourth-order valence-electron chi connectivity index (χ4n) is 1.75. The molecule has 1 heterocycles. The van der Waals surface area contributed by atoms with Gasteiger partial charge < -0.3 is 0 Å². The third kappa shape index (κ3) is 6.82. The Hall–Kier alpha value is -1.98. The molecule has 0 saturated carbocycles. The molecular weight excluding hydrogens is 256 g/mol. The van der Waals surface area contributed by atoms with E-state index in [0.29, 0.717) is 5.82 Å². The zero-order valence-corrected chi connectivity index (χ0v) is 11.9. The zero-order chi connectivity index (χ0) is 14.6. The number of nitrogens with zero attached hydrogens (tertiary/aromatic N) is 3. The lowest BCUT2D eigenvalue weighted by atomic mass is 10.1. The van der Waals surface area contributed by atoms with Crippen molar-refractivity contribution in [1.29, 1.82) is 0 Å². The van der Waals surface area contributed by atoms with Crippen LogP contribution in [-0.4, -0.2) is 16.1 Å². The first-order valence-corrected chi connectivity index (χ1v) is 7.12. The van der Waals surface area contributed by atoms with E-state index in [-0.39, 0.29) is 5.69 Å². The summed E-state index contributed by atoms with van der Waals surface area (Å²) < 4.78 is 0. The van der Waals surface area contributed by atoms with E-state index in [1.54, 1.807) is 6.07 Å². The van der Waals surface area contributed by atoms with Crippen molar-refractivity contribution in [2.45, 2.75) is 51.9 Å². The van der Waals surface area contributed by atoms with E-state index in [2.05, 4.69) is 22.4 Å². The molecule has 0 radical (unpaired) electrons. The molecule has 0 aromatic carbocycles. The number of unbranched alkanes of at least 4 members (excludes halogenated alkanes) is 6. The van der Waals surface area contributed by atoms with Crippen LogP contribution in [0.15, 0.2) is 23.4 Å². The first kappa shape index (κ1) is 16.1. The Morgan fingerprint density at radius 1 is 1.30 bits per heavy atom. The Morgan fingerprint density at radius 3 is 2.70 bits per heavy atom. The van der Waals surface area contributed by atoms with Gasteiger partial charge in [-0.25, -0.2) is 4.98 Å². The molecule has 0 aliphatic carbocycles. The molecule has 6 nitrogen and oxygen atoms in total. The number of pyridine rings is 1. The van der Waals surface area contributed by atoms with Crippen LogP contribution in [0.2, 0.25) is 0 Å². The summed E-state index contributed by atoms with van der Waals surface area (Å²) in [5.41, 5.74) is 2.74.